The van der Waals surface area contributed by atoms with Crippen molar-refractivity contribution in [3.8, 4) is 0 Å². The number of likely N-dealkylation sites (N-methyl/N-ethyl adjacent to an activating group) is 1. The summed E-state index contributed by atoms with van der Waals surface area (Å²) in [5.41, 5.74) is -0.0678. The third-order valence-electron chi connectivity index (χ3n) is 3.50. The Kier molecular flexibility index (Phi) is 5.80. The van der Waals surface area contributed by atoms with Crippen LogP contribution in [0.4, 0.5) is 4.79 Å². The van der Waals surface area contributed by atoms with E-state index in [2.05, 4.69) is 10.2 Å². The first-order chi connectivity index (χ1) is 9.19. The molecule has 0 aromatic carbocycles. The maximum absolute atomic E-state index is 12.0. The van der Waals surface area contributed by atoms with E-state index in [9.17, 15) is 14.7 Å². The van der Waals surface area contributed by atoms with Gasteiger partial charge >= 0.3 is 12.0 Å². The molecule has 0 spiro atoms. The van der Waals surface area contributed by atoms with Gasteiger partial charge in [-0.15, -0.1) is 0 Å². The van der Waals surface area contributed by atoms with Crippen LogP contribution in [0.2, 0.25) is 0 Å². The van der Waals surface area contributed by atoms with Gasteiger partial charge in [-0.3, -0.25) is 4.79 Å². The Morgan fingerprint density at radius 1 is 1.20 bits per heavy atom. The van der Waals surface area contributed by atoms with Crippen molar-refractivity contribution in [1.29, 1.82) is 0 Å². The fourth-order valence-electron chi connectivity index (χ4n) is 2.32. The highest BCUT2D eigenvalue weighted by Crippen LogP contribution is 2.24. The first kappa shape index (κ1) is 16.8. The van der Waals surface area contributed by atoms with Crippen LogP contribution in [-0.4, -0.2) is 66.7 Å². The van der Waals surface area contributed by atoms with Crippen molar-refractivity contribution in [2.75, 3.05) is 39.8 Å². The van der Waals surface area contributed by atoms with Gasteiger partial charge < -0.3 is 20.2 Å². The number of piperazine rings is 1. The van der Waals surface area contributed by atoms with Crippen LogP contribution >= 0.6 is 0 Å². The second-order valence-electron chi connectivity index (χ2n) is 6.78. The van der Waals surface area contributed by atoms with Gasteiger partial charge in [0.1, 0.15) is 0 Å². The Morgan fingerprint density at radius 3 is 2.20 bits per heavy atom. The highest BCUT2D eigenvalue weighted by Gasteiger charge is 2.26. The molecule has 1 aliphatic heterocycles. The zero-order valence-electron chi connectivity index (χ0n) is 13.0. The molecule has 116 valence electrons. The Hall–Kier alpha value is -1.30. The summed E-state index contributed by atoms with van der Waals surface area (Å²) in [6.45, 7) is 9.31. The molecule has 6 nitrogen and oxygen atoms in total. The van der Waals surface area contributed by atoms with E-state index in [0.29, 0.717) is 19.5 Å². The first-order valence-electron chi connectivity index (χ1n) is 7.13. The van der Waals surface area contributed by atoms with Crippen LogP contribution in [-0.2, 0) is 4.79 Å². The normalized spacial score (nSPS) is 18.7. The van der Waals surface area contributed by atoms with E-state index < -0.39 is 11.9 Å². The van der Waals surface area contributed by atoms with Gasteiger partial charge in [-0.2, -0.15) is 0 Å². The number of carbonyl (C=O) groups is 2. The van der Waals surface area contributed by atoms with Crippen molar-refractivity contribution in [3.63, 3.8) is 0 Å². The van der Waals surface area contributed by atoms with Gasteiger partial charge in [0.2, 0.25) is 0 Å². The Bertz CT molecular complexity index is 344. The quantitative estimate of drug-likeness (QED) is 0.810. The highest BCUT2D eigenvalue weighted by atomic mass is 16.4. The Labute approximate surface area is 121 Å². The van der Waals surface area contributed by atoms with E-state index in [1.807, 2.05) is 27.8 Å². The lowest BCUT2D eigenvalue weighted by Crippen LogP contribution is -2.51. The van der Waals surface area contributed by atoms with E-state index in [1.165, 1.54) is 0 Å². The van der Waals surface area contributed by atoms with E-state index in [1.54, 1.807) is 4.90 Å². The predicted molar refractivity (Wildman–Crippen MR) is 77.7 cm³/mol. The minimum Gasteiger partial charge on any atom is -0.481 e. The predicted octanol–water partition coefficient (Wildman–Crippen LogP) is 1.08. The number of nitrogens with one attached hydrogen (secondary N) is 1. The van der Waals surface area contributed by atoms with Crippen molar-refractivity contribution < 1.29 is 14.7 Å². The molecule has 1 heterocycles. The van der Waals surface area contributed by atoms with Gasteiger partial charge in [0.15, 0.2) is 0 Å². The van der Waals surface area contributed by atoms with Crippen molar-refractivity contribution in [1.82, 2.24) is 15.1 Å². The number of rotatable bonds is 4. The minimum atomic E-state index is -0.849. The minimum absolute atomic E-state index is 0.0678. The number of carboxylic acids is 1. The van der Waals surface area contributed by atoms with Crippen molar-refractivity contribution in [3.05, 3.63) is 0 Å². The fourth-order valence-corrected chi connectivity index (χ4v) is 2.32. The number of amides is 2. The molecule has 0 saturated carbocycles. The summed E-state index contributed by atoms with van der Waals surface area (Å²) < 4.78 is 0. The number of nitrogens with zero attached hydrogens (tertiary/aromatic N) is 2. The third kappa shape index (κ3) is 5.77. The summed E-state index contributed by atoms with van der Waals surface area (Å²) in [5, 5.41) is 12.0. The summed E-state index contributed by atoms with van der Waals surface area (Å²) in [5.74, 6) is -1.38. The van der Waals surface area contributed by atoms with Crippen LogP contribution in [0, 0.1) is 11.3 Å². The molecule has 2 amide bonds. The Balaban J connectivity index is 2.43. The van der Waals surface area contributed by atoms with Gasteiger partial charge in [0.05, 0.1) is 5.92 Å². The molecule has 0 aromatic heterocycles. The lowest BCUT2D eigenvalue weighted by Gasteiger charge is -2.33. The molecule has 0 aromatic rings. The second kappa shape index (κ2) is 6.92. The molecule has 1 atom stereocenters. The molecule has 1 unspecified atom stereocenters. The maximum Gasteiger partial charge on any atom is 0.317 e. The average Bonchev–Trinajstić information content (AvgIpc) is 2.33. The maximum atomic E-state index is 12.0. The summed E-state index contributed by atoms with van der Waals surface area (Å²) >= 11 is 0. The van der Waals surface area contributed by atoms with Gasteiger partial charge in [-0.1, -0.05) is 20.8 Å². The average molecular weight is 285 g/mol. The van der Waals surface area contributed by atoms with Crippen LogP contribution in [0.25, 0.3) is 0 Å². The van der Waals surface area contributed by atoms with Crippen LogP contribution in [0.5, 0.6) is 0 Å². The molecular formula is C14H27N3O3. The van der Waals surface area contributed by atoms with E-state index >= 15 is 0 Å². The van der Waals surface area contributed by atoms with Crippen molar-refractivity contribution in [2.24, 2.45) is 11.3 Å². The number of carbonyl (C=O) groups excluding carboxylic acids is 1. The summed E-state index contributed by atoms with van der Waals surface area (Å²) in [4.78, 5) is 27.2. The van der Waals surface area contributed by atoms with Crippen LogP contribution in [0.1, 0.15) is 27.2 Å². The molecular weight excluding hydrogens is 258 g/mol. The molecule has 1 saturated heterocycles. The smallest absolute Gasteiger partial charge is 0.317 e. The summed E-state index contributed by atoms with van der Waals surface area (Å²) in [7, 11) is 2.03. The monoisotopic (exact) mass is 285 g/mol. The molecule has 20 heavy (non-hydrogen) atoms. The van der Waals surface area contributed by atoms with Crippen LogP contribution < -0.4 is 5.32 Å². The van der Waals surface area contributed by atoms with Crippen molar-refractivity contribution >= 4 is 12.0 Å². The van der Waals surface area contributed by atoms with Gasteiger partial charge in [-0.05, 0) is 18.9 Å². The second-order valence-corrected chi connectivity index (χ2v) is 6.78. The first-order valence-corrected chi connectivity index (χ1v) is 7.13. The van der Waals surface area contributed by atoms with Crippen molar-refractivity contribution in [2.45, 2.75) is 27.2 Å². The van der Waals surface area contributed by atoms with Gasteiger partial charge in [0.25, 0.3) is 0 Å². The van der Waals surface area contributed by atoms with E-state index in [0.717, 1.165) is 13.1 Å². The summed E-state index contributed by atoms with van der Waals surface area (Å²) in [6.07, 6.45) is 0.547. The topological polar surface area (TPSA) is 72.9 Å². The van der Waals surface area contributed by atoms with E-state index in [-0.39, 0.29) is 18.0 Å². The molecule has 0 radical (unpaired) electrons. The highest BCUT2D eigenvalue weighted by molar-refractivity contribution is 5.76. The molecule has 0 bridgehead atoms. The number of carboxylic acid groups (broad SMARTS) is 1. The lowest BCUT2D eigenvalue weighted by atomic mass is 9.84. The molecule has 2 N–H and O–H groups in total. The van der Waals surface area contributed by atoms with Gasteiger partial charge in [-0.25, -0.2) is 4.79 Å². The third-order valence-corrected chi connectivity index (χ3v) is 3.50. The number of aliphatic carboxylic acids is 1. The van der Waals surface area contributed by atoms with Crippen LogP contribution in [0.15, 0.2) is 0 Å². The lowest BCUT2D eigenvalue weighted by molar-refractivity contribution is -0.142. The van der Waals surface area contributed by atoms with E-state index in [4.69, 9.17) is 0 Å². The molecule has 1 rings (SSSR count). The summed E-state index contributed by atoms with van der Waals surface area (Å²) in [6, 6.07) is -0.154. The number of hydrogen-bond donors (Lipinski definition) is 2. The van der Waals surface area contributed by atoms with Crippen LogP contribution in [0.3, 0.4) is 0 Å². The number of urea groups is 1. The zero-order chi connectivity index (χ0) is 15.3. The Morgan fingerprint density at radius 2 is 1.75 bits per heavy atom. The zero-order valence-corrected chi connectivity index (χ0v) is 13.0. The molecule has 1 aliphatic rings. The standard InChI is InChI=1S/C14H27N3O3/c1-14(2,3)9-11(12(18)19)10-15-13(20)17-7-5-16(4)6-8-17/h11H,5-10H2,1-4H3,(H,15,20)(H,18,19). The fraction of sp³-hybridized carbons (Fsp3) is 0.857. The largest absolute Gasteiger partial charge is 0.481 e. The van der Waals surface area contributed by atoms with Gasteiger partial charge in [0, 0.05) is 32.7 Å². The number of hydrogen-bond acceptors (Lipinski definition) is 3. The SMILES string of the molecule is CN1CCN(C(=O)NCC(CC(C)(C)C)C(=O)O)CC1. The molecule has 1 fully saturated rings. The molecule has 0 aliphatic carbocycles. The molecule has 6 heteroatoms.